The minimum Gasteiger partial charge on any atom is -0.439 e. The predicted molar refractivity (Wildman–Crippen MR) is 122 cm³/mol. The van der Waals surface area contributed by atoms with Crippen LogP contribution in [0, 0.1) is 0 Å². The van der Waals surface area contributed by atoms with E-state index in [0.29, 0.717) is 34.4 Å². The van der Waals surface area contributed by atoms with Gasteiger partial charge in [0.1, 0.15) is 11.6 Å². The van der Waals surface area contributed by atoms with E-state index < -0.39 is 0 Å². The van der Waals surface area contributed by atoms with Gasteiger partial charge in [0.05, 0.1) is 0 Å². The highest BCUT2D eigenvalue weighted by Gasteiger charge is 2.15. The van der Waals surface area contributed by atoms with Crippen molar-refractivity contribution < 1.29 is 4.74 Å². The van der Waals surface area contributed by atoms with E-state index in [9.17, 15) is 0 Å². The van der Waals surface area contributed by atoms with E-state index in [-0.39, 0.29) is 0 Å². The predicted octanol–water partition coefficient (Wildman–Crippen LogP) is 4.59. The van der Waals surface area contributed by atoms with Gasteiger partial charge in [0.2, 0.25) is 11.8 Å². The Bertz CT molecular complexity index is 1220. The third kappa shape index (κ3) is 4.17. The van der Waals surface area contributed by atoms with Crippen molar-refractivity contribution >= 4 is 29.2 Å². The largest absolute Gasteiger partial charge is 0.439 e. The number of aryl methyl sites for hydroxylation is 1. The first kappa shape index (κ1) is 19.4. The van der Waals surface area contributed by atoms with Crippen molar-refractivity contribution in [3.63, 3.8) is 0 Å². The van der Waals surface area contributed by atoms with E-state index in [1.54, 1.807) is 6.07 Å². The fraction of sp³-hybridized carbons (Fsp3) is 0.182. The molecule has 8 nitrogen and oxygen atoms in total. The first-order valence-corrected chi connectivity index (χ1v) is 11.2. The number of nitrogen functional groups attached to an aromatic ring is 1. The van der Waals surface area contributed by atoms with E-state index in [1.807, 2.05) is 30.5 Å². The number of aromatic amines is 1. The highest BCUT2D eigenvalue weighted by atomic mass is 32.2. The minimum atomic E-state index is 0.372. The molecule has 0 fully saturated rings. The number of benzene rings is 2. The van der Waals surface area contributed by atoms with Gasteiger partial charge in [0, 0.05) is 17.3 Å². The molecule has 2 aromatic carbocycles. The van der Waals surface area contributed by atoms with Crippen molar-refractivity contribution in [2.24, 2.45) is 0 Å². The van der Waals surface area contributed by atoms with Crippen molar-refractivity contribution in [3.05, 3.63) is 59.7 Å². The van der Waals surface area contributed by atoms with Gasteiger partial charge in [-0.1, -0.05) is 23.9 Å². The van der Waals surface area contributed by atoms with Crippen LogP contribution in [0.25, 0.3) is 11.4 Å². The molecule has 1 aliphatic rings. The van der Waals surface area contributed by atoms with Crippen molar-refractivity contribution in [1.29, 1.82) is 0 Å². The zero-order valence-electron chi connectivity index (χ0n) is 16.9. The maximum Gasteiger partial charge on any atom is 0.246 e. The molecular formula is C22H21N7OS. The number of H-pyrrole nitrogens is 1. The molecule has 0 aliphatic heterocycles. The summed E-state index contributed by atoms with van der Waals surface area (Å²) in [6.45, 7) is 0. The number of rotatable bonds is 6. The molecule has 0 saturated heterocycles. The molecule has 0 spiro atoms. The molecule has 9 heteroatoms. The third-order valence-corrected chi connectivity index (χ3v) is 5.66. The van der Waals surface area contributed by atoms with Crippen LogP contribution < -0.4 is 15.8 Å². The van der Waals surface area contributed by atoms with Crippen LogP contribution in [0.1, 0.15) is 17.5 Å². The summed E-state index contributed by atoms with van der Waals surface area (Å²) in [4.78, 5) is 13.0. The number of fused-ring (bicyclic) bond motifs is 1. The lowest BCUT2D eigenvalue weighted by atomic mass is 10.1. The Morgan fingerprint density at radius 2 is 1.94 bits per heavy atom. The molecule has 0 saturated carbocycles. The lowest BCUT2D eigenvalue weighted by molar-refractivity contribution is 0.456. The molecular weight excluding hydrogens is 410 g/mol. The average Bonchev–Trinajstić information content (AvgIpc) is 3.44. The lowest BCUT2D eigenvalue weighted by Gasteiger charge is -2.08. The molecule has 0 unspecified atom stereocenters. The van der Waals surface area contributed by atoms with Crippen LogP contribution in [-0.4, -0.2) is 31.4 Å². The molecule has 5 rings (SSSR count). The highest BCUT2D eigenvalue weighted by Crippen LogP contribution is 2.31. The van der Waals surface area contributed by atoms with Crippen LogP contribution >= 0.6 is 11.8 Å². The zero-order chi connectivity index (χ0) is 21.2. The number of nitrogens with zero attached hydrogens (tertiary/aromatic N) is 4. The maximum absolute atomic E-state index is 5.82. The Kier molecular flexibility index (Phi) is 5.17. The molecule has 1 aliphatic carbocycles. The fourth-order valence-electron chi connectivity index (χ4n) is 3.67. The van der Waals surface area contributed by atoms with Gasteiger partial charge in [-0.15, -0.1) is 5.10 Å². The van der Waals surface area contributed by atoms with E-state index in [1.165, 1.54) is 29.3 Å². The average molecular weight is 432 g/mol. The summed E-state index contributed by atoms with van der Waals surface area (Å²) in [7, 11) is 0. The second-order valence-electron chi connectivity index (χ2n) is 7.17. The van der Waals surface area contributed by atoms with Crippen LogP contribution in [-0.2, 0) is 12.8 Å². The number of aromatic nitrogens is 5. The number of anilines is 3. The van der Waals surface area contributed by atoms with E-state index in [4.69, 9.17) is 10.5 Å². The summed E-state index contributed by atoms with van der Waals surface area (Å²) in [6.07, 6.45) is 5.31. The summed E-state index contributed by atoms with van der Waals surface area (Å²) >= 11 is 1.41. The smallest absolute Gasteiger partial charge is 0.246 e. The first-order chi connectivity index (χ1) is 15.2. The Morgan fingerprint density at radius 1 is 1.06 bits per heavy atom. The van der Waals surface area contributed by atoms with Crippen molar-refractivity contribution in [3.8, 4) is 23.0 Å². The first-order valence-electron chi connectivity index (χ1n) is 9.95. The van der Waals surface area contributed by atoms with Gasteiger partial charge < -0.3 is 15.8 Å². The van der Waals surface area contributed by atoms with Gasteiger partial charge in [-0.05, 0) is 67.0 Å². The van der Waals surface area contributed by atoms with Gasteiger partial charge in [-0.2, -0.15) is 9.97 Å². The topological polar surface area (TPSA) is 115 Å². The van der Waals surface area contributed by atoms with Crippen molar-refractivity contribution in [1.82, 2.24) is 25.1 Å². The van der Waals surface area contributed by atoms with Crippen LogP contribution in [0.5, 0.6) is 11.6 Å². The number of hydrogen-bond donors (Lipinski definition) is 3. The molecule has 156 valence electrons. The zero-order valence-corrected chi connectivity index (χ0v) is 17.7. The lowest BCUT2D eigenvalue weighted by Crippen LogP contribution is -1.97. The van der Waals surface area contributed by atoms with E-state index in [0.717, 1.165) is 24.1 Å². The standard InChI is InChI=1S/C22H21N7OS/c1-31-22-25-18(23)12-19(26-22)30-15-10-8-14(9-11-15)20-27-21(29-28-20)24-17-7-3-5-13-4-2-6-16(13)17/h3,5,7-12H,2,4,6H2,1H3,(H2,23,25,26)(H2,24,27,28,29). The Balaban J connectivity index is 1.30. The molecule has 0 bridgehead atoms. The Hall–Kier alpha value is -3.59. The van der Waals surface area contributed by atoms with Gasteiger partial charge in [-0.25, -0.2) is 4.98 Å². The maximum atomic E-state index is 5.82. The summed E-state index contributed by atoms with van der Waals surface area (Å²) in [5, 5.41) is 11.2. The fourth-order valence-corrected chi connectivity index (χ4v) is 4.05. The van der Waals surface area contributed by atoms with Gasteiger partial charge >= 0.3 is 0 Å². The van der Waals surface area contributed by atoms with Crippen molar-refractivity contribution in [2.75, 3.05) is 17.3 Å². The Morgan fingerprint density at radius 3 is 2.77 bits per heavy atom. The van der Waals surface area contributed by atoms with E-state index in [2.05, 4.69) is 48.7 Å². The summed E-state index contributed by atoms with van der Waals surface area (Å²) in [6, 6.07) is 15.5. The quantitative estimate of drug-likeness (QED) is 0.300. The highest BCUT2D eigenvalue weighted by molar-refractivity contribution is 7.98. The van der Waals surface area contributed by atoms with Crippen LogP contribution in [0.2, 0.25) is 0 Å². The van der Waals surface area contributed by atoms with Gasteiger partial charge in [0.25, 0.3) is 0 Å². The second-order valence-corrected chi connectivity index (χ2v) is 7.95. The normalized spacial score (nSPS) is 12.5. The molecule has 0 amide bonds. The van der Waals surface area contributed by atoms with Gasteiger partial charge in [0.15, 0.2) is 11.0 Å². The number of hydrogen-bond acceptors (Lipinski definition) is 8. The molecule has 31 heavy (non-hydrogen) atoms. The van der Waals surface area contributed by atoms with Crippen LogP contribution in [0.3, 0.4) is 0 Å². The summed E-state index contributed by atoms with van der Waals surface area (Å²) in [5.74, 6) is 2.66. The molecule has 4 N–H and O–H groups in total. The third-order valence-electron chi connectivity index (χ3n) is 5.11. The molecule has 0 radical (unpaired) electrons. The molecule has 0 atom stereocenters. The number of nitrogens with one attached hydrogen (secondary N) is 2. The second kappa shape index (κ2) is 8.27. The molecule has 4 aromatic rings. The molecule has 2 aromatic heterocycles. The minimum absolute atomic E-state index is 0.372. The van der Waals surface area contributed by atoms with Gasteiger partial charge in [-0.3, -0.25) is 5.10 Å². The van der Waals surface area contributed by atoms with Crippen LogP contribution in [0.4, 0.5) is 17.5 Å². The molecule has 2 heterocycles. The number of nitrogens with two attached hydrogens (primary N) is 1. The summed E-state index contributed by atoms with van der Waals surface area (Å²) < 4.78 is 5.82. The number of thioether (sulfide) groups is 1. The number of ether oxygens (including phenoxy) is 1. The van der Waals surface area contributed by atoms with E-state index >= 15 is 0 Å². The van der Waals surface area contributed by atoms with Crippen LogP contribution in [0.15, 0.2) is 53.7 Å². The summed E-state index contributed by atoms with van der Waals surface area (Å²) in [5.41, 5.74) is 10.6. The van der Waals surface area contributed by atoms with Crippen molar-refractivity contribution in [2.45, 2.75) is 24.4 Å². The monoisotopic (exact) mass is 431 g/mol. The Labute approximate surface area is 183 Å². The SMILES string of the molecule is CSc1nc(N)cc(Oc2ccc(-c3nc(Nc4cccc5c4CCC5)n[nH]3)cc2)n1.